The molecule has 0 aromatic heterocycles. The molecular formula is C25H35FN2O3. The van der Waals surface area contributed by atoms with E-state index in [0.717, 1.165) is 19.3 Å². The van der Waals surface area contributed by atoms with Crippen molar-refractivity contribution < 1.29 is 18.7 Å². The zero-order valence-electron chi connectivity index (χ0n) is 19.1. The number of hydrogen-bond acceptors (Lipinski definition) is 3. The van der Waals surface area contributed by atoms with Gasteiger partial charge in [-0.05, 0) is 79.9 Å². The van der Waals surface area contributed by atoms with Gasteiger partial charge in [0.2, 0.25) is 11.8 Å². The Bertz CT molecular complexity index is 818. The van der Waals surface area contributed by atoms with Crippen LogP contribution >= 0.6 is 0 Å². The second-order valence-corrected chi connectivity index (χ2v) is 10.6. The molecule has 5 nitrogen and oxygen atoms in total. The largest absolute Gasteiger partial charge is 0.494 e. The third-order valence-corrected chi connectivity index (χ3v) is 7.75. The first-order valence-electron chi connectivity index (χ1n) is 11.6. The molecule has 2 amide bonds. The van der Waals surface area contributed by atoms with Gasteiger partial charge in [-0.2, -0.15) is 0 Å². The molecule has 5 rings (SSSR count). The minimum absolute atomic E-state index is 0.0274. The molecular weight excluding hydrogens is 395 g/mol. The summed E-state index contributed by atoms with van der Waals surface area (Å²) in [6, 6.07) is 4.14. The molecule has 0 radical (unpaired) electrons. The molecule has 1 unspecified atom stereocenters. The van der Waals surface area contributed by atoms with Gasteiger partial charge in [-0.3, -0.25) is 9.59 Å². The van der Waals surface area contributed by atoms with Gasteiger partial charge < -0.3 is 15.0 Å². The smallest absolute Gasteiger partial charge is 0.245 e. The fourth-order valence-electron chi connectivity index (χ4n) is 6.59. The Kier molecular flexibility index (Phi) is 6.01. The number of methoxy groups -OCH3 is 1. The fraction of sp³-hybridized carbons (Fsp3) is 0.680. The zero-order valence-corrected chi connectivity index (χ0v) is 19.1. The Balaban J connectivity index is 1.44. The lowest BCUT2D eigenvalue weighted by Crippen LogP contribution is -2.58. The highest BCUT2D eigenvalue weighted by Gasteiger charge is 2.55. The SMILES string of the molecule is COc1ccc(CN(C)C(=O)C(NC(=O)C23CC4CC(CC(C4)C2)C3)C(C)C)cc1F. The lowest BCUT2D eigenvalue weighted by Gasteiger charge is -2.56. The van der Waals surface area contributed by atoms with Crippen molar-refractivity contribution in [2.24, 2.45) is 29.1 Å². The molecule has 1 aromatic carbocycles. The van der Waals surface area contributed by atoms with Crippen LogP contribution in [0.5, 0.6) is 5.75 Å². The van der Waals surface area contributed by atoms with Crippen LogP contribution in [0.1, 0.15) is 57.9 Å². The van der Waals surface area contributed by atoms with Crippen molar-refractivity contribution in [1.29, 1.82) is 0 Å². The summed E-state index contributed by atoms with van der Waals surface area (Å²) in [4.78, 5) is 28.3. The van der Waals surface area contributed by atoms with Gasteiger partial charge in [-0.15, -0.1) is 0 Å². The normalized spacial score (nSPS) is 29.7. The number of halogens is 1. The summed E-state index contributed by atoms with van der Waals surface area (Å²) in [5.41, 5.74) is 0.406. The summed E-state index contributed by atoms with van der Waals surface area (Å²) in [6.07, 6.45) is 6.76. The first kappa shape index (κ1) is 22.1. The van der Waals surface area contributed by atoms with E-state index in [0.29, 0.717) is 23.3 Å². The van der Waals surface area contributed by atoms with Crippen LogP contribution in [0.4, 0.5) is 4.39 Å². The maximum absolute atomic E-state index is 14.0. The molecule has 31 heavy (non-hydrogen) atoms. The van der Waals surface area contributed by atoms with Crippen molar-refractivity contribution in [2.75, 3.05) is 14.2 Å². The number of nitrogens with zero attached hydrogens (tertiary/aromatic N) is 1. The van der Waals surface area contributed by atoms with Crippen LogP contribution in [0.3, 0.4) is 0 Å². The number of hydrogen-bond donors (Lipinski definition) is 1. The lowest BCUT2D eigenvalue weighted by atomic mass is 9.49. The summed E-state index contributed by atoms with van der Waals surface area (Å²) in [5, 5.41) is 3.15. The molecule has 4 saturated carbocycles. The van der Waals surface area contributed by atoms with Crippen LogP contribution in [0, 0.1) is 34.9 Å². The Morgan fingerprint density at radius 1 is 1.16 bits per heavy atom. The molecule has 6 heteroatoms. The highest BCUT2D eigenvalue weighted by Crippen LogP contribution is 2.60. The standard InChI is InChI=1S/C25H35FN2O3/c1-15(2)22(23(29)28(3)14-16-5-6-21(31-4)20(26)10-16)27-24(30)25-11-17-7-18(12-25)9-19(8-17)13-25/h5-6,10,15,17-19,22H,7-9,11-14H2,1-4H3,(H,27,30). The molecule has 4 bridgehead atoms. The van der Waals surface area contributed by atoms with E-state index in [1.54, 1.807) is 24.1 Å². The molecule has 4 aliphatic carbocycles. The minimum Gasteiger partial charge on any atom is -0.494 e. The summed E-state index contributed by atoms with van der Waals surface area (Å²) < 4.78 is 19.0. The van der Waals surface area contributed by atoms with E-state index in [1.165, 1.54) is 32.4 Å². The molecule has 0 aliphatic heterocycles. The van der Waals surface area contributed by atoms with Gasteiger partial charge in [0.05, 0.1) is 7.11 Å². The molecule has 1 N–H and O–H groups in total. The van der Waals surface area contributed by atoms with Gasteiger partial charge in [-0.1, -0.05) is 19.9 Å². The monoisotopic (exact) mass is 430 g/mol. The van der Waals surface area contributed by atoms with Gasteiger partial charge >= 0.3 is 0 Å². The Morgan fingerprint density at radius 3 is 2.23 bits per heavy atom. The first-order valence-corrected chi connectivity index (χ1v) is 11.6. The first-order chi connectivity index (χ1) is 14.7. The van der Waals surface area contributed by atoms with Crippen LogP contribution in [0.2, 0.25) is 0 Å². The molecule has 4 fully saturated rings. The van der Waals surface area contributed by atoms with Crippen LogP contribution in [-0.4, -0.2) is 36.9 Å². The average Bonchev–Trinajstić information content (AvgIpc) is 2.70. The van der Waals surface area contributed by atoms with Gasteiger partial charge in [0.25, 0.3) is 0 Å². The molecule has 170 valence electrons. The van der Waals surface area contributed by atoms with Crippen molar-refractivity contribution in [2.45, 2.75) is 65.0 Å². The van der Waals surface area contributed by atoms with Gasteiger partial charge in [-0.25, -0.2) is 4.39 Å². The second-order valence-electron chi connectivity index (χ2n) is 10.6. The summed E-state index contributed by atoms with van der Waals surface area (Å²) in [7, 11) is 3.13. The molecule has 1 aromatic rings. The van der Waals surface area contributed by atoms with Crippen molar-refractivity contribution in [3.05, 3.63) is 29.6 Å². The van der Waals surface area contributed by atoms with Crippen LogP contribution < -0.4 is 10.1 Å². The van der Waals surface area contributed by atoms with E-state index >= 15 is 0 Å². The quantitative estimate of drug-likeness (QED) is 0.707. The summed E-state index contributed by atoms with van der Waals surface area (Å²) in [5.74, 6) is 1.68. The van der Waals surface area contributed by atoms with Crippen LogP contribution in [0.25, 0.3) is 0 Å². The van der Waals surface area contributed by atoms with Crippen LogP contribution in [-0.2, 0) is 16.1 Å². The van der Waals surface area contributed by atoms with Crippen LogP contribution in [0.15, 0.2) is 18.2 Å². The molecule has 0 saturated heterocycles. The van der Waals surface area contributed by atoms with Gasteiger partial charge in [0.15, 0.2) is 11.6 Å². The van der Waals surface area contributed by atoms with Crippen molar-refractivity contribution >= 4 is 11.8 Å². The van der Waals surface area contributed by atoms with Crippen molar-refractivity contribution in [3.63, 3.8) is 0 Å². The van der Waals surface area contributed by atoms with Crippen molar-refractivity contribution in [3.8, 4) is 5.75 Å². The third-order valence-electron chi connectivity index (χ3n) is 7.75. The molecule has 1 atom stereocenters. The van der Waals surface area contributed by atoms with Gasteiger partial charge in [0.1, 0.15) is 6.04 Å². The molecule has 0 spiro atoms. The van der Waals surface area contributed by atoms with E-state index in [1.807, 2.05) is 13.8 Å². The van der Waals surface area contributed by atoms with E-state index in [4.69, 9.17) is 4.74 Å². The van der Waals surface area contributed by atoms with E-state index in [2.05, 4.69) is 5.32 Å². The van der Waals surface area contributed by atoms with Gasteiger partial charge in [0, 0.05) is 19.0 Å². The molecule has 0 heterocycles. The highest BCUT2D eigenvalue weighted by molar-refractivity contribution is 5.90. The Hall–Kier alpha value is -2.11. The number of ether oxygens (including phenoxy) is 1. The maximum atomic E-state index is 14.0. The number of likely N-dealkylation sites (N-methyl/N-ethyl adjacent to an activating group) is 1. The number of carbonyl (C=O) groups excluding carboxylic acids is 2. The van der Waals surface area contributed by atoms with E-state index in [9.17, 15) is 14.0 Å². The maximum Gasteiger partial charge on any atom is 0.245 e. The zero-order chi connectivity index (χ0) is 22.3. The fourth-order valence-corrected chi connectivity index (χ4v) is 6.59. The Morgan fingerprint density at radius 2 is 1.74 bits per heavy atom. The predicted molar refractivity (Wildman–Crippen MR) is 117 cm³/mol. The third kappa shape index (κ3) is 4.31. The number of amides is 2. The van der Waals surface area contributed by atoms with E-state index < -0.39 is 11.9 Å². The Labute approximate surface area is 184 Å². The lowest BCUT2D eigenvalue weighted by molar-refractivity contribution is -0.150. The number of nitrogens with one attached hydrogen (secondary N) is 1. The topological polar surface area (TPSA) is 58.6 Å². The molecule has 4 aliphatic rings. The minimum atomic E-state index is -0.575. The summed E-state index contributed by atoms with van der Waals surface area (Å²) >= 11 is 0. The average molecular weight is 431 g/mol. The highest BCUT2D eigenvalue weighted by atomic mass is 19.1. The second kappa shape index (κ2) is 8.44. The van der Waals surface area contributed by atoms with Crippen molar-refractivity contribution in [1.82, 2.24) is 10.2 Å². The number of rotatable bonds is 7. The number of carbonyl (C=O) groups is 2. The number of benzene rings is 1. The predicted octanol–water partition coefficient (Wildman–Crippen LogP) is 4.15. The van der Waals surface area contributed by atoms with E-state index in [-0.39, 0.29) is 35.4 Å². The summed E-state index contributed by atoms with van der Waals surface area (Å²) in [6.45, 7) is 4.20.